The van der Waals surface area contributed by atoms with Crippen molar-refractivity contribution in [3.8, 4) is 28.3 Å². The molecule has 0 amide bonds. The molecule has 0 aliphatic heterocycles. The van der Waals surface area contributed by atoms with Crippen LogP contribution in [0.5, 0.6) is 5.88 Å². The number of aryl methyl sites for hydroxylation is 1. The lowest BCUT2D eigenvalue weighted by Crippen LogP contribution is -2.20. The molecule has 1 aromatic heterocycles. The van der Waals surface area contributed by atoms with Crippen LogP contribution in [0.3, 0.4) is 0 Å². The second-order valence-electron chi connectivity index (χ2n) is 7.61. The normalized spacial score (nSPS) is 12.1. The van der Waals surface area contributed by atoms with Crippen LogP contribution >= 0.6 is 34.8 Å². The fraction of sp³-hybridized carbons (Fsp3) is 0.154. The third kappa shape index (κ3) is 4.93. The fourth-order valence-corrected chi connectivity index (χ4v) is 3.87. The van der Waals surface area contributed by atoms with Gasteiger partial charge in [-0.15, -0.1) is 0 Å². The molecule has 3 aromatic carbocycles. The van der Waals surface area contributed by atoms with E-state index in [0.717, 1.165) is 22.3 Å². The molecule has 33 heavy (non-hydrogen) atoms. The van der Waals surface area contributed by atoms with Crippen LogP contribution in [0.2, 0.25) is 5.02 Å². The quantitative estimate of drug-likeness (QED) is 0.204. The predicted molar refractivity (Wildman–Crippen MR) is 134 cm³/mol. The number of halogens is 3. The van der Waals surface area contributed by atoms with Gasteiger partial charge in [-0.2, -0.15) is 5.10 Å². The van der Waals surface area contributed by atoms with E-state index in [2.05, 4.69) is 0 Å². The Morgan fingerprint density at radius 2 is 1.55 bits per heavy atom. The molecule has 4 rings (SSSR count). The van der Waals surface area contributed by atoms with E-state index < -0.39 is 10.8 Å². The number of hydrogen-bond acceptors (Lipinski definition) is 3. The van der Waals surface area contributed by atoms with E-state index in [1.165, 1.54) is 0 Å². The van der Waals surface area contributed by atoms with Crippen molar-refractivity contribution in [1.82, 2.24) is 9.78 Å². The van der Waals surface area contributed by atoms with Gasteiger partial charge in [0, 0.05) is 10.6 Å². The Labute approximate surface area is 207 Å². The number of nitrogens with zero attached hydrogens (tertiary/aromatic N) is 2. The van der Waals surface area contributed by atoms with Crippen molar-refractivity contribution >= 4 is 40.8 Å². The number of benzene rings is 3. The van der Waals surface area contributed by atoms with Gasteiger partial charge < -0.3 is 4.74 Å². The highest BCUT2D eigenvalue weighted by Gasteiger charge is 2.28. The highest BCUT2D eigenvalue weighted by Crippen LogP contribution is 2.42. The smallest absolute Gasteiger partial charge is 0.346 e. The molecule has 0 N–H and O–H groups in total. The van der Waals surface area contributed by atoms with E-state index in [4.69, 9.17) is 44.6 Å². The van der Waals surface area contributed by atoms with E-state index in [-0.39, 0.29) is 11.9 Å². The minimum absolute atomic E-state index is 0.264. The highest BCUT2D eigenvalue weighted by molar-refractivity contribution is 6.53. The minimum Gasteiger partial charge on any atom is -0.405 e. The number of alkyl halides is 2. The number of rotatable bonds is 6. The fourth-order valence-electron chi connectivity index (χ4n) is 3.59. The van der Waals surface area contributed by atoms with Crippen LogP contribution in [0, 0.1) is 6.92 Å². The summed E-state index contributed by atoms with van der Waals surface area (Å²) in [6.07, 6.45) is 0. The van der Waals surface area contributed by atoms with E-state index >= 15 is 0 Å². The first kappa shape index (κ1) is 23.4. The zero-order valence-electron chi connectivity index (χ0n) is 18.0. The third-order valence-electron chi connectivity index (χ3n) is 5.40. The lowest BCUT2D eigenvalue weighted by molar-refractivity contribution is -0.132. The first-order valence-electron chi connectivity index (χ1n) is 10.4. The number of ether oxygens (including phenoxy) is 1. The molecule has 1 heterocycles. The van der Waals surface area contributed by atoms with E-state index in [0.29, 0.717) is 16.3 Å². The van der Waals surface area contributed by atoms with Gasteiger partial charge in [-0.05, 0) is 36.6 Å². The van der Waals surface area contributed by atoms with Gasteiger partial charge in [0.1, 0.15) is 5.69 Å². The molecule has 1 atom stereocenters. The maximum atomic E-state index is 12.5. The molecule has 0 bridgehead atoms. The maximum Gasteiger partial charge on any atom is 0.346 e. The average Bonchev–Trinajstić information content (AvgIpc) is 3.20. The molecule has 0 saturated carbocycles. The molecule has 0 spiro atoms. The van der Waals surface area contributed by atoms with Crippen LogP contribution in [0.15, 0.2) is 78.9 Å². The van der Waals surface area contributed by atoms with Crippen LogP contribution in [0.4, 0.5) is 0 Å². The van der Waals surface area contributed by atoms with Crippen molar-refractivity contribution < 1.29 is 9.53 Å². The molecule has 0 aliphatic carbocycles. The van der Waals surface area contributed by atoms with Crippen molar-refractivity contribution in [3.05, 3.63) is 95.0 Å². The van der Waals surface area contributed by atoms with Gasteiger partial charge in [-0.3, -0.25) is 0 Å². The summed E-state index contributed by atoms with van der Waals surface area (Å²) in [7, 11) is 0. The Morgan fingerprint density at radius 3 is 2.12 bits per heavy atom. The van der Waals surface area contributed by atoms with Gasteiger partial charge in [0.05, 0.1) is 11.6 Å². The molecule has 0 radical (unpaired) electrons. The average molecular weight is 500 g/mol. The van der Waals surface area contributed by atoms with Crippen LogP contribution in [-0.2, 0) is 4.79 Å². The topological polar surface area (TPSA) is 44.1 Å². The monoisotopic (exact) mass is 498 g/mol. The van der Waals surface area contributed by atoms with E-state index in [9.17, 15) is 4.79 Å². The van der Waals surface area contributed by atoms with Crippen molar-refractivity contribution in [3.63, 3.8) is 0 Å². The zero-order valence-corrected chi connectivity index (χ0v) is 20.3. The Kier molecular flexibility index (Phi) is 7.08. The second-order valence-corrected chi connectivity index (χ2v) is 9.12. The molecule has 7 heteroatoms. The predicted octanol–water partition coefficient (Wildman–Crippen LogP) is 7.50. The first-order valence-corrected chi connectivity index (χ1v) is 11.6. The zero-order chi connectivity index (χ0) is 23.5. The lowest BCUT2D eigenvalue weighted by Gasteiger charge is -2.17. The summed E-state index contributed by atoms with van der Waals surface area (Å²) in [5.41, 5.74) is 4.97. The maximum absolute atomic E-state index is 12.5. The van der Waals surface area contributed by atoms with Gasteiger partial charge in [-0.1, -0.05) is 108 Å². The molecule has 0 saturated heterocycles. The molecular formula is C26H21Cl3N2O2. The third-order valence-corrected chi connectivity index (χ3v) is 6.16. The molecule has 0 fully saturated rings. The highest BCUT2D eigenvalue weighted by atomic mass is 35.5. The summed E-state index contributed by atoms with van der Waals surface area (Å²) >= 11 is 18.1. The second kappa shape index (κ2) is 10.0. The summed E-state index contributed by atoms with van der Waals surface area (Å²) in [6, 6.07) is 24.9. The van der Waals surface area contributed by atoms with Crippen molar-refractivity contribution in [1.29, 1.82) is 0 Å². The van der Waals surface area contributed by atoms with Crippen LogP contribution in [0.1, 0.15) is 24.1 Å². The summed E-state index contributed by atoms with van der Waals surface area (Å²) in [4.78, 5) is 11.2. The van der Waals surface area contributed by atoms with Crippen molar-refractivity contribution in [2.45, 2.75) is 24.7 Å². The molecule has 168 valence electrons. The van der Waals surface area contributed by atoms with Crippen LogP contribution < -0.4 is 4.74 Å². The standard InChI is InChI=1S/C26H21Cl3N2O2/c1-16-13-14-20(15-21(16)27)17(2)31-25(33-26(32)24(28)29)22(18-9-5-3-6-10-18)23(30-31)19-11-7-4-8-12-19/h3-15,17,24H,1-2H3. The van der Waals surface area contributed by atoms with E-state index in [1.807, 2.05) is 92.7 Å². The Bertz CT molecular complexity index is 1270. The molecule has 0 aliphatic rings. The van der Waals surface area contributed by atoms with Crippen molar-refractivity contribution in [2.75, 3.05) is 0 Å². The van der Waals surface area contributed by atoms with Crippen LogP contribution in [-0.4, -0.2) is 20.6 Å². The largest absolute Gasteiger partial charge is 0.405 e. The molecular weight excluding hydrogens is 479 g/mol. The Balaban J connectivity index is 1.97. The number of esters is 1. The number of carbonyl (C=O) groups excluding carboxylic acids is 1. The summed E-state index contributed by atoms with van der Waals surface area (Å²) in [5.74, 6) is -0.508. The van der Waals surface area contributed by atoms with Gasteiger partial charge in [0.25, 0.3) is 0 Å². The van der Waals surface area contributed by atoms with Gasteiger partial charge >= 0.3 is 5.97 Å². The van der Waals surface area contributed by atoms with Gasteiger partial charge in [0.2, 0.25) is 10.7 Å². The van der Waals surface area contributed by atoms with Crippen LogP contribution in [0.25, 0.3) is 22.4 Å². The SMILES string of the molecule is Cc1ccc(C(C)n2nc(-c3ccccc3)c(-c3ccccc3)c2OC(=O)C(Cl)Cl)cc1Cl. The molecule has 1 unspecified atom stereocenters. The summed E-state index contributed by atoms with van der Waals surface area (Å²) < 4.78 is 7.44. The minimum atomic E-state index is -1.33. The molecule has 4 nitrogen and oxygen atoms in total. The first-order chi connectivity index (χ1) is 15.9. The summed E-state index contributed by atoms with van der Waals surface area (Å²) in [6.45, 7) is 3.91. The number of hydrogen-bond donors (Lipinski definition) is 0. The summed E-state index contributed by atoms with van der Waals surface area (Å²) in [5, 5.41) is 5.56. The van der Waals surface area contributed by atoms with Gasteiger partial charge in [-0.25, -0.2) is 9.48 Å². The lowest BCUT2D eigenvalue weighted by atomic mass is 10.0. The van der Waals surface area contributed by atoms with Gasteiger partial charge in [0.15, 0.2) is 0 Å². The van der Waals surface area contributed by atoms with E-state index in [1.54, 1.807) is 4.68 Å². The Morgan fingerprint density at radius 1 is 0.939 bits per heavy atom. The number of aromatic nitrogens is 2. The van der Waals surface area contributed by atoms with Crippen molar-refractivity contribution in [2.24, 2.45) is 0 Å². The molecule has 4 aromatic rings. The Hall–Kier alpha value is -2.79. The number of carbonyl (C=O) groups is 1.